The lowest BCUT2D eigenvalue weighted by Gasteiger charge is -2.35. The van der Waals surface area contributed by atoms with Crippen LogP contribution in [0.1, 0.15) is 17.0 Å². The van der Waals surface area contributed by atoms with Crippen LogP contribution in [-0.4, -0.2) is 7.11 Å². The second-order valence-electron chi connectivity index (χ2n) is 7.58. The molecule has 2 N–H and O–H groups in total. The number of para-hydroxylation sites is 1. The molecule has 0 spiro atoms. The van der Waals surface area contributed by atoms with Crippen molar-refractivity contribution in [1.29, 1.82) is 5.26 Å². The van der Waals surface area contributed by atoms with Gasteiger partial charge in [-0.2, -0.15) is 5.26 Å². The van der Waals surface area contributed by atoms with E-state index >= 15 is 0 Å². The van der Waals surface area contributed by atoms with Crippen LogP contribution >= 0.6 is 22.9 Å². The normalized spacial score (nSPS) is 15.3. The Labute approximate surface area is 199 Å². The number of nitriles is 1. The average molecular weight is 472 g/mol. The monoisotopic (exact) mass is 471 g/mol. The second kappa shape index (κ2) is 8.28. The predicted molar refractivity (Wildman–Crippen MR) is 133 cm³/mol. The fourth-order valence-electron chi connectivity index (χ4n) is 4.20. The fourth-order valence-corrected chi connectivity index (χ4v) is 5.71. The molecule has 0 saturated carbocycles. The SMILES string of the molecule is COc1ccc(C2C(C#N)=C(N)N(c3ccccc3)c3sc4cc(Cl)ccc4c(=O)c32)cc1. The molecule has 4 aromatic rings. The minimum Gasteiger partial charge on any atom is -0.497 e. The standard InChI is InChI=1S/C26H18ClN3O2S/c1-32-18-10-7-15(8-11-18)22-20(14-28)25(29)30(17-5-3-2-4-6-17)26-23(22)24(31)19-12-9-16(27)13-21(19)33-26/h2-13,22H,29H2,1H3. The van der Waals surface area contributed by atoms with Crippen molar-refractivity contribution in [2.24, 2.45) is 5.73 Å². The Morgan fingerprint density at radius 2 is 1.82 bits per heavy atom. The van der Waals surface area contributed by atoms with E-state index in [4.69, 9.17) is 22.1 Å². The first-order valence-electron chi connectivity index (χ1n) is 10.2. The van der Waals surface area contributed by atoms with Gasteiger partial charge in [-0.05, 0) is 48.0 Å². The minimum atomic E-state index is -0.598. The van der Waals surface area contributed by atoms with Crippen molar-refractivity contribution < 1.29 is 4.74 Å². The van der Waals surface area contributed by atoms with Gasteiger partial charge in [0.05, 0.1) is 24.7 Å². The van der Waals surface area contributed by atoms with Gasteiger partial charge < -0.3 is 10.5 Å². The van der Waals surface area contributed by atoms with Gasteiger partial charge in [-0.3, -0.25) is 9.69 Å². The molecule has 2 heterocycles. The summed E-state index contributed by atoms with van der Waals surface area (Å²) in [7, 11) is 1.59. The van der Waals surface area contributed by atoms with E-state index in [0.717, 1.165) is 16.0 Å². The number of hydrogen-bond acceptors (Lipinski definition) is 6. The zero-order valence-electron chi connectivity index (χ0n) is 17.6. The summed E-state index contributed by atoms with van der Waals surface area (Å²) in [4.78, 5) is 15.7. The summed E-state index contributed by atoms with van der Waals surface area (Å²) >= 11 is 7.67. The smallest absolute Gasteiger partial charge is 0.194 e. The van der Waals surface area contributed by atoms with Gasteiger partial charge in [0.2, 0.25) is 0 Å². The van der Waals surface area contributed by atoms with E-state index in [2.05, 4.69) is 6.07 Å². The minimum absolute atomic E-state index is 0.141. The number of ether oxygens (including phenoxy) is 1. The third-order valence-electron chi connectivity index (χ3n) is 5.75. The third kappa shape index (κ3) is 3.43. The van der Waals surface area contributed by atoms with Crippen LogP contribution in [0.5, 0.6) is 5.75 Å². The third-order valence-corrected chi connectivity index (χ3v) is 7.14. The summed E-state index contributed by atoms with van der Waals surface area (Å²) in [5, 5.41) is 12.0. The first kappa shape index (κ1) is 21.1. The Hall–Kier alpha value is -3.79. The first-order chi connectivity index (χ1) is 16.0. The van der Waals surface area contributed by atoms with E-state index in [1.165, 1.54) is 11.3 Å². The molecule has 1 atom stereocenters. The summed E-state index contributed by atoms with van der Waals surface area (Å²) in [5.74, 6) is 0.392. The molecular weight excluding hydrogens is 454 g/mol. The molecule has 1 aliphatic heterocycles. The molecule has 0 amide bonds. The molecule has 1 aromatic heterocycles. The number of methoxy groups -OCH3 is 1. The summed E-state index contributed by atoms with van der Waals surface area (Å²) in [6.45, 7) is 0. The lowest BCUT2D eigenvalue weighted by Crippen LogP contribution is -2.34. The first-order valence-corrected chi connectivity index (χ1v) is 11.4. The highest BCUT2D eigenvalue weighted by Gasteiger charge is 2.37. The molecule has 0 fully saturated rings. The van der Waals surface area contributed by atoms with Crippen LogP contribution in [0.15, 0.2) is 89.0 Å². The van der Waals surface area contributed by atoms with Gasteiger partial charge in [-0.25, -0.2) is 0 Å². The van der Waals surface area contributed by atoms with Crippen molar-refractivity contribution in [3.05, 3.63) is 111 Å². The van der Waals surface area contributed by atoms with Crippen LogP contribution in [0.4, 0.5) is 10.7 Å². The molecule has 5 nitrogen and oxygen atoms in total. The molecule has 7 heteroatoms. The number of nitrogens with zero attached hydrogens (tertiary/aromatic N) is 2. The van der Waals surface area contributed by atoms with Crippen LogP contribution < -0.4 is 20.8 Å². The molecule has 1 unspecified atom stereocenters. The van der Waals surface area contributed by atoms with Crippen molar-refractivity contribution in [1.82, 2.24) is 0 Å². The maximum absolute atomic E-state index is 13.9. The highest BCUT2D eigenvalue weighted by molar-refractivity contribution is 7.22. The number of fused-ring (bicyclic) bond motifs is 2. The van der Waals surface area contributed by atoms with Gasteiger partial charge in [-0.15, -0.1) is 11.3 Å². The van der Waals surface area contributed by atoms with Crippen molar-refractivity contribution in [3.8, 4) is 11.8 Å². The van der Waals surface area contributed by atoms with Crippen LogP contribution in [0.25, 0.3) is 10.1 Å². The highest BCUT2D eigenvalue weighted by atomic mass is 35.5. The zero-order valence-corrected chi connectivity index (χ0v) is 19.2. The topological polar surface area (TPSA) is 79.3 Å². The van der Waals surface area contributed by atoms with Gasteiger partial charge in [-0.1, -0.05) is 41.9 Å². The summed E-state index contributed by atoms with van der Waals surface area (Å²) in [5.41, 5.74) is 8.90. The van der Waals surface area contributed by atoms with E-state index in [1.807, 2.05) is 54.6 Å². The van der Waals surface area contributed by atoms with Gasteiger partial charge in [0.25, 0.3) is 0 Å². The van der Waals surface area contributed by atoms with Crippen molar-refractivity contribution in [2.45, 2.75) is 5.92 Å². The Bertz CT molecular complexity index is 1510. The van der Waals surface area contributed by atoms with E-state index in [9.17, 15) is 10.1 Å². The molecule has 0 radical (unpaired) electrons. The van der Waals surface area contributed by atoms with Crippen LogP contribution in [0, 0.1) is 11.3 Å². The van der Waals surface area contributed by atoms with E-state index in [1.54, 1.807) is 30.2 Å². The molecule has 162 valence electrons. The van der Waals surface area contributed by atoms with Gasteiger partial charge in [0, 0.05) is 26.4 Å². The Morgan fingerprint density at radius 1 is 1.09 bits per heavy atom. The molecule has 5 rings (SSSR count). The van der Waals surface area contributed by atoms with E-state index < -0.39 is 5.92 Å². The molecule has 1 aliphatic rings. The molecule has 0 saturated heterocycles. The highest BCUT2D eigenvalue weighted by Crippen LogP contribution is 2.48. The van der Waals surface area contributed by atoms with E-state index in [-0.39, 0.29) is 5.43 Å². The predicted octanol–water partition coefficient (Wildman–Crippen LogP) is 5.90. The Balaban J connectivity index is 1.88. The zero-order chi connectivity index (χ0) is 23.1. The maximum atomic E-state index is 13.9. The number of benzene rings is 3. The number of rotatable bonds is 3. The lowest BCUT2D eigenvalue weighted by atomic mass is 9.83. The van der Waals surface area contributed by atoms with Gasteiger partial charge >= 0.3 is 0 Å². The molecular formula is C26H18ClN3O2S. The van der Waals surface area contributed by atoms with Gasteiger partial charge in [0.15, 0.2) is 5.43 Å². The second-order valence-corrected chi connectivity index (χ2v) is 9.05. The quantitative estimate of drug-likeness (QED) is 0.402. The summed E-state index contributed by atoms with van der Waals surface area (Å²) < 4.78 is 6.04. The van der Waals surface area contributed by atoms with Crippen LogP contribution in [-0.2, 0) is 0 Å². The fraction of sp³-hybridized carbons (Fsp3) is 0.0769. The number of halogens is 1. The summed E-state index contributed by atoms with van der Waals surface area (Å²) in [6.07, 6.45) is 0. The van der Waals surface area contributed by atoms with Crippen molar-refractivity contribution in [3.63, 3.8) is 0 Å². The summed E-state index contributed by atoms with van der Waals surface area (Å²) in [6, 6.07) is 24.4. The lowest BCUT2D eigenvalue weighted by molar-refractivity contribution is 0.414. The number of anilines is 2. The Kier molecular flexibility index (Phi) is 5.29. The average Bonchev–Trinajstić information content (AvgIpc) is 2.84. The largest absolute Gasteiger partial charge is 0.497 e. The maximum Gasteiger partial charge on any atom is 0.194 e. The van der Waals surface area contributed by atoms with Gasteiger partial charge in [0.1, 0.15) is 16.6 Å². The molecule has 3 aromatic carbocycles. The van der Waals surface area contributed by atoms with Crippen molar-refractivity contribution in [2.75, 3.05) is 12.0 Å². The van der Waals surface area contributed by atoms with E-state index in [0.29, 0.717) is 38.1 Å². The van der Waals surface area contributed by atoms with Crippen molar-refractivity contribution >= 4 is 43.7 Å². The van der Waals surface area contributed by atoms with Crippen LogP contribution in [0.2, 0.25) is 5.02 Å². The van der Waals surface area contributed by atoms with Crippen LogP contribution in [0.3, 0.4) is 0 Å². The number of nitrogens with two attached hydrogens (primary N) is 1. The molecule has 0 aliphatic carbocycles. The Morgan fingerprint density at radius 3 is 2.48 bits per heavy atom. The number of hydrogen-bond donors (Lipinski definition) is 1. The number of allylic oxidation sites excluding steroid dienone is 1. The molecule has 0 bridgehead atoms. The molecule has 33 heavy (non-hydrogen) atoms.